The van der Waals surface area contributed by atoms with E-state index in [0.717, 1.165) is 23.4 Å². The van der Waals surface area contributed by atoms with Crippen LogP contribution >= 0.6 is 0 Å². The molecule has 0 amide bonds. The van der Waals surface area contributed by atoms with Crippen molar-refractivity contribution in [2.45, 2.75) is 32.5 Å². The first-order valence-corrected chi connectivity index (χ1v) is 6.86. The molecule has 0 aliphatic heterocycles. The van der Waals surface area contributed by atoms with Gasteiger partial charge in [0.15, 0.2) is 0 Å². The molecule has 0 radical (unpaired) electrons. The number of halogens is 3. The van der Waals surface area contributed by atoms with Crippen LogP contribution in [0.1, 0.15) is 36.5 Å². The van der Waals surface area contributed by atoms with Gasteiger partial charge in [0.05, 0.1) is 5.56 Å². The first-order chi connectivity index (χ1) is 9.86. The van der Waals surface area contributed by atoms with Crippen LogP contribution in [0, 0.1) is 0 Å². The molecule has 2 rings (SSSR count). The smallest absolute Gasteiger partial charge is 0.381 e. The van der Waals surface area contributed by atoms with Crippen LogP contribution in [0.3, 0.4) is 0 Å². The minimum atomic E-state index is -4.28. The Labute approximate surface area is 122 Å². The molecule has 0 spiro atoms. The largest absolute Gasteiger partial charge is 0.416 e. The number of anilines is 1. The predicted octanol–water partition coefficient (Wildman–Crippen LogP) is 5.44. The Kier molecular flexibility index (Phi) is 4.56. The monoisotopic (exact) mass is 293 g/mol. The zero-order valence-corrected chi connectivity index (χ0v) is 12.0. The van der Waals surface area contributed by atoms with Crippen LogP contribution in [-0.4, -0.2) is 0 Å². The number of hydrogen-bond acceptors (Lipinski definition) is 1. The Balaban J connectivity index is 2.01. The number of alkyl halides is 3. The fourth-order valence-corrected chi connectivity index (χ4v) is 2.02. The standard InChI is InChI=1S/C17H18F3N/c1-12(2)14-4-3-5-16(10-14)21-11-13-6-8-15(9-7-13)17(18,19)20/h3-10,12,21H,11H2,1-2H3. The van der Waals surface area contributed by atoms with Crippen molar-refractivity contribution in [3.8, 4) is 0 Å². The summed E-state index contributed by atoms with van der Waals surface area (Å²) in [5, 5.41) is 3.23. The molecule has 21 heavy (non-hydrogen) atoms. The van der Waals surface area contributed by atoms with Crippen molar-refractivity contribution >= 4 is 5.69 Å². The van der Waals surface area contributed by atoms with Gasteiger partial charge in [0.2, 0.25) is 0 Å². The lowest BCUT2D eigenvalue weighted by atomic mass is 10.0. The van der Waals surface area contributed by atoms with E-state index >= 15 is 0 Å². The maximum absolute atomic E-state index is 12.5. The second kappa shape index (κ2) is 6.20. The molecule has 1 N–H and O–H groups in total. The summed E-state index contributed by atoms with van der Waals surface area (Å²) in [6, 6.07) is 13.3. The number of nitrogens with one attached hydrogen (secondary N) is 1. The van der Waals surface area contributed by atoms with Crippen molar-refractivity contribution in [1.82, 2.24) is 0 Å². The molecule has 1 nitrogen and oxygen atoms in total. The molecule has 4 heteroatoms. The van der Waals surface area contributed by atoms with Gasteiger partial charge in [-0.05, 0) is 41.3 Å². The molecular formula is C17H18F3N. The lowest BCUT2D eigenvalue weighted by molar-refractivity contribution is -0.137. The summed E-state index contributed by atoms with van der Waals surface area (Å²) >= 11 is 0. The lowest BCUT2D eigenvalue weighted by Gasteiger charge is -2.11. The van der Waals surface area contributed by atoms with Crippen molar-refractivity contribution in [3.05, 3.63) is 65.2 Å². The second-order valence-electron chi connectivity index (χ2n) is 5.33. The Morgan fingerprint density at radius 1 is 1.00 bits per heavy atom. The van der Waals surface area contributed by atoms with Crippen LogP contribution in [-0.2, 0) is 12.7 Å². The van der Waals surface area contributed by atoms with E-state index in [9.17, 15) is 13.2 Å². The van der Waals surface area contributed by atoms with Gasteiger partial charge >= 0.3 is 6.18 Å². The van der Waals surface area contributed by atoms with Gasteiger partial charge in [0.1, 0.15) is 0 Å². The topological polar surface area (TPSA) is 12.0 Å². The third-order valence-electron chi connectivity index (χ3n) is 3.33. The molecule has 0 atom stereocenters. The summed E-state index contributed by atoms with van der Waals surface area (Å²) in [5.41, 5.74) is 2.40. The molecule has 0 aliphatic rings. The van der Waals surface area contributed by atoms with Gasteiger partial charge in [0, 0.05) is 12.2 Å². The maximum atomic E-state index is 12.5. The third kappa shape index (κ3) is 4.25. The summed E-state index contributed by atoms with van der Waals surface area (Å²) in [4.78, 5) is 0. The zero-order chi connectivity index (χ0) is 15.5. The summed E-state index contributed by atoms with van der Waals surface area (Å²) < 4.78 is 37.4. The molecule has 0 fully saturated rings. The molecule has 0 saturated carbocycles. The Bertz CT molecular complexity index is 586. The van der Waals surface area contributed by atoms with Gasteiger partial charge in [-0.25, -0.2) is 0 Å². The summed E-state index contributed by atoms with van der Waals surface area (Å²) in [6.07, 6.45) is -4.28. The van der Waals surface area contributed by atoms with Crippen molar-refractivity contribution in [3.63, 3.8) is 0 Å². The second-order valence-corrected chi connectivity index (χ2v) is 5.33. The van der Waals surface area contributed by atoms with Crippen molar-refractivity contribution in [2.24, 2.45) is 0 Å². The number of hydrogen-bond donors (Lipinski definition) is 1. The quantitative estimate of drug-likeness (QED) is 0.791. The Hall–Kier alpha value is -1.97. The molecule has 2 aromatic rings. The van der Waals surface area contributed by atoms with E-state index in [0.29, 0.717) is 12.5 Å². The highest BCUT2D eigenvalue weighted by Gasteiger charge is 2.29. The molecule has 0 aromatic heterocycles. The fraction of sp³-hybridized carbons (Fsp3) is 0.294. The lowest BCUT2D eigenvalue weighted by Crippen LogP contribution is -2.05. The van der Waals surface area contributed by atoms with E-state index in [1.165, 1.54) is 17.7 Å². The van der Waals surface area contributed by atoms with Crippen molar-refractivity contribution in [1.29, 1.82) is 0 Å². The summed E-state index contributed by atoms with van der Waals surface area (Å²) in [6.45, 7) is 4.74. The SMILES string of the molecule is CC(C)c1cccc(NCc2ccc(C(F)(F)F)cc2)c1. The van der Waals surface area contributed by atoms with Crippen LogP contribution < -0.4 is 5.32 Å². The van der Waals surface area contributed by atoms with Gasteiger partial charge < -0.3 is 5.32 Å². The highest BCUT2D eigenvalue weighted by atomic mass is 19.4. The van der Waals surface area contributed by atoms with Gasteiger partial charge in [-0.3, -0.25) is 0 Å². The molecule has 0 aliphatic carbocycles. The predicted molar refractivity (Wildman–Crippen MR) is 79.3 cm³/mol. The van der Waals surface area contributed by atoms with Crippen LogP contribution in [0.2, 0.25) is 0 Å². The van der Waals surface area contributed by atoms with Gasteiger partial charge in [-0.1, -0.05) is 38.1 Å². The average molecular weight is 293 g/mol. The maximum Gasteiger partial charge on any atom is 0.416 e. The van der Waals surface area contributed by atoms with E-state index in [4.69, 9.17) is 0 Å². The molecule has 0 heterocycles. The van der Waals surface area contributed by atoms with E-state index in [1.807, 2.05) is 12.1 Å². The molecule has 112 valence electrons. The molecule has 0 bridgehead atoms. The van der Waals surface area contributed by atoms with E-state index in [-0.39, 0.29) is 0 Å². The minimum absolute atomic E-state index is 0.442. The average Bonchev–Trinajstić information content (AvgIpc) is 2.45. The fourth-order valence-electron chi connectivity index (χ4n) is 2.02. The van der Waals surface area contributed by atoms with E-state index < -0.39 is 11.7 Å². The summed E-state index contributed by atoms with van der Waals surface area (Å²) in [7, 11) is 0. The zero-order valence-electron chi connectivity index (χ0n) is 12.0. The van der Waals surface area contributed by atoms with Crippen LogP contribution in [0.25, 0.3) is 0 Å². The number of benzene rings is 2. The normalized spacial score (nSPS) is 11.7. The molecule has 0 saturated heterocycles. The van der Waals surface area contributed by atoms with Gasteiger partial charge in [-0.15, -0.1) is 0 Å². The van der Waals surface area contributed by atoms with Gasteiger partial charge in [0.25, 0.3) is 0 Å². The molecule has 2 aromatic carbocycles. The Morgan fingerprint density at radius 3 is 2.24 bits per heavy atom. The van der Waals surface area contributed by atoms with E-state index in [1.54, 1.807) is 0 Å². The first-order valence-electron chi connectivity index (χ1n) is 6.86. The van der Waals surface area contributed by atoms with Gasteiger partial charge in [-0.2, -0.15) is 13.2 Å². The third-order valence-corrected chi connectivity index (χ3v) is 3.33. The Morgan fingerprint density at radius 2 is 1.67 bits per heavy atom. The highest BCUT2D eigenvalue weighted by Crippen LogP contribution is 2.29. The number of rotatable bonds is 4. The minimum Gasteiger partial charge on any atom is -0.381 e. The molecular weight excluding hydrogens is 275 g/mol. The first kappa shape index (κ1) is 15.4. The highest BCUT2D eigenvalue weighted by molar-refractivity contribution is 5.47. The van der Waals surface area contributed by atoms with Crippen LogP contribution in [0.5, 0.6) is 0 Å². The van der Waals surface area contributed by atoms with Crippen molar-refractivity contribution < 1.29 is 13.2 Å². The molecule has 0 unspecified atom stereocenters. The summed E-state index contributed by atoms with van der Waals surface area (Å²) in [5.74, 6) is 0.442. The van der Waals surface area contributed by atoms with Crippen LogP contribution in [0.15, 0.2) is 48.5 Å². The van der Waals surface area contributed by atoms with Crippen LogP contribution in [0.4, 0.5) is 18.9 Å². The van der Waals surface area contributed by atoms with E-state index in [2.05, 4.69) is 31.3 Å². The van der Waals surface area contributed by atoms with Crippen molar-refractivity contribution in [2.75, 3.05) is 5.32 Å².